The molecule has 0 atom stereocenters. The van der Waals surface area contributed by atoms with E-state index in [0.717, 1.165) is 16.9 Å². The highest BCUT2D eigenvalue weighted by Crippen LogP contribution is 2.12. The Balaban J connectivity index is 0.000000297. The van der Waals surface area contributed by atoms with Crippen LogP contribution in [-0.2, 0) is 0 Å². The van der Waals surface area contributed by atoms with E-state index < -0.39 is 0 Å². The van der Waals surface area contributed by atoms with Crippen molar-refractivity contribution in [3.8, 4) is 5.69 Å². The maximum absolute atomic E-state index is 4.89. The Kier molecular flexibility index (Phi) is 4.17. The van der Waals surface area contributed by atoms with Crippen LogP contribution in [0.25, 0.3) is 16.9 Å². The van der Waals surface area contributed by atoms with Crippen LogP contribution < -0.4 is 11.5 Å². The lowest BCUT2D eigenvalue weighted by atomic mass is 10.3. The Morgan fingerprint density at radius 2 is 1.68 bits per heavy atom. The molecule has 2 aromatic heterocycles. The quantitative estimate of drug-likeness (QED) is 0.635. The zero-order valence-electron chi connectivity index (χ0n) is 10.6. The number of fused-ring (bicyclic) bond motifs is 1. The lowest BCUT2D eigenvalue weighted by molar-refractivity contribution is 0.790. The van der Waals surface area contributed by atoms with Crippen molar-refractivity contribution < 1.29 is 0 Å². The molecule has 0 fully saturated rings. The molecule has 0 amide bonds. The highest BCUT2D eigenvalue weighted by atomic mass is 15.3. The third kappa shape index (κ3) is 3.34. The first-order valence-electron chi connectivity index (χ1n) is 5.90. The van der Waals surface area contributed by atoms with Crippen LogP contribution in [0.4, 0.5) is 0 Å². The van der Waals surface area contributed by atoms with Crippen LogP contribution in [0.5, 0.6) is 0 Å². The number of nitrogens with zero attached hydrogens (tertiary/aromatic N) is 4. The fourth-order valence-corrected chi connectivity index (χ4v) is 1.52. The van der Waals surface area contributed by atoms with Crippen molar-refractivity contribution in [2.24, 2.45) is 11.5 Å². The van der Waals surface area contributed by atoms with Gasteiger partial charge in [-0.1, -0.05) is 18.2 Å². The van der Waals surface area contributed by atoms with Gasteiger partial charge in [-0.15, -0.1) is 0 Å². The van der Waals surface area contributed by atoms with Gasteiger partial charge < -0.3 is 11.5 Å². The number of nitrogens with two attached hydrogens (primary N) is 2. The fraction of sp³-hybridized carbons (Fsp3) is 0.154. The summed E-state index contributed by atoms with van der Waals surface area (Å²) in [6.45, 7) is 1.72. The topological polar surface area (TPSA) is 95.6 Å². The molecule has 0 saturated heterocycles. The van der Waals surface area contributed by atoms with Gasteiger partial charge in [-0.05, 0) is 19.1 Å². The molecule has 3 rings (SSSR count). The summed E-state index contributed by atoms with van der Waals surface area (Å²) in [5.74, 6) is 0. The largest absolute Gasteiger partial charge is 0.316 e. The van der Waals surface area contributed by atoms with E-state index in [-0.39, 0.29) is 6.17 Å². The number of aromatic nitrogens is 4. The van der Waals surface area contributed by atoms with Gasteiger partial charge in [0.2, 0.25) is 0 Å². The Morgan fingerprint density at radius 3 is 2.37 bits per heavy atom. The lowest BCUT2D eigenvalue weighted by Gasteiger charge is -2.00. The summed E-state index contributed by atoms with van der Waals surface area (Å²) in [5, 5.41) is 4.26. The molecule has 6 nitrogen and oxygen atoms in total. The van der Waals surface area contributed by atoms with E-state index in [1.807, 2.05) is 30.3 Å². The minimum atomic E-state index is -0.167. The molecule has 0 bridgehead atoms. The molecule has 0 radical (unpaired) electrons. The minimum Gasteiger partial charge on any atom is -0.316 e. The van der Waals surface area contributed by atoms with Gasteiger partial charge >= 0.3 is 0 Å². The van der Waals surface area contributed by atoms with E-state index >= 15 is 0 Å². The van der Waals surface area contributed by atoms with Gasteiger partial charge in [0.15, 0.2) is 5.65 Å². The van der Waals surface area contributed by atoms with Crippen molar-refractivity contribution in [1.29, 1.82) is 0 Å². The van der Waals surface area contributed by atoms with Crippen LogP contribution in [-0.4, -0.2) is 25.9 Å². The SMILES string of the molecule is CC(N)N.c1ccc(-n2ncc3nccnc32)cc1. The summed E-state index contributed by atoms with van der Waals surface area (Å²) in [5.41, 5.74) is 12.4. The summed E-state index contributed by atoms with van der Waals surface area (Å²) < 4.78 is 1.78. The van der Waals surface area contributed by atoms with E-state index in [2.05, 4.69) is 15.1 Å². The van der Waals surface area contributed by atoms with Gasteiger partial charge in [0, 0.05) is 18.6 Å². The molecule has 0 aliphatic carbocycles. The predicted molar refractivity (Wildman–Crippen MR) is 74.5 cm³/mol. The van der Waals surface area contributed by atoms with Gasteiger partial charge in [0.05, 0.1) is 11.9 Å². The molecule has 3 aromatic rings. The van der Waals surface area contributed by atoms with Gasteiger partial charge in [0.1, 0.15) is 5.52 Å². The van der Waals surface area contributed by atoms with Crippen LogP contribution in [0.2, 0.25) is 0 Å². The first-order valence-corrected chi connectivity index (χ1v) is 5.90. The number of para-hydroxylation sites is 1. The summed E-state index contributed by atoms with van der Waals surface area (Å²) in [7, 11) is 0. The van der Waals surface area contributed by atoms with Crippen LogP contribution in [0, 0.1) is 0 Å². The highest BCUT2D eigenvalue weighted by Gasteiger charge is 2.04. The van der Waals surface area contributed by atoms with Crippen molar-refractivity contribution in [3.63, 3.8) is 0 Å². The summed E-state index contributed by atoms with van der Waals surface area (Å²) in [6, 6.07) is 9.89. The van der Waals surface area contributed by atoms with Crippen LogP contribution >= 0.6 is 0 Å². The Bertz CT molecular complexity index is 629. The van der Waals surface area contributed by atoms with Crippen molar-refractivity contribution >= 4 is 11.2 Å². The average molecular weight is 256 g/mol. The Hall–Kier alpha value is -2.31. The molecule has 0 unspecified atom stereocenters. The van der Waals surface area contributed by atoms with Crippen molar-refractivity contribution in [3.05, 3.63) is 48.9 Å². The maximum Gasteiger partial charge on any atom is 0.181 e. The first kappa shape index (κ1) is 13.1. The first-order chi connectivity index (χ1) is 9.18. The van der Waals surface area contributed by atoms with Crippen molar-refractivity contribution in [2.75, 3.05) is 0 Å². The van der Waals surface area contributed by atoms with Crippen LogP contribution in [0.3, 0.4) is 0 Å². The number of hydrogen-bond donors (Lipinski definition) is 2. The third-order valence-electron chi connectivity index (χ3n) is 2.20. The molecule has 98 valence electrons. The molecule has 0 spiro atoms. The second-order valence-electron chi connectivity index (χ2n) is 4.02. The van der Waals surface area contributed by atoms with E-state index in [9.17, 15) is 0 Å². The minimum absolute atomic E-state index is 0.167. The number of rotatable bonds is 1. The number of benzene rings is 1. The summed E-state index contributed by atoms with van der Waals surface area (Å²) in [4.78, 5) is 8.44. The van der Waals surface area contributed by atoms with E-state index in [0.29, 0.717) is 0 Å². The zero-order valence-corrected chi connectivity index (χ0v) is 10.6. The zero-order chi connectivity index (χ0) is 13.7. The molecule has 6 heteroatoms. The van der Waals surface area contributed by atoms with Gasteiger partial charge in [-0.2, -0.15) is 5.10 Å². The molecular formula is C13H16N6. The van der Waals surface area contributed by atoms with E-state index in [1.165, 1.54) is 0 Å². The highest BCUT2D eigenvalue weighted by molar-refractivity contribution is 5.70. The standard InChI is InChI=1S/C11H8N4.C2H8N2/c1-2-4-9(5-3-1)15-11-10(8-14-15)12-6-7-13-11;1-2(3)4/h1-8H;2H,3-4H2,1H3. The van der Waals surface area contributed by atoms with Gasteiger partial charge in [-0.25, -0.2) is 14.6 Å². The second-order valence-corrected chi connectivity index (χ2v) is 4.02. The average Bonchev–Trinajstić information content (AvgIpc) is 2.83. The summed E-state index contributed by atoms with van der Waals surface area (Å²) in [6.07, 6.45) is 4.89. The smallest absolute Gasteiger partial charge is 0.181 e. The molecule has 0 aliphatic rings. The van der Waals surface area contributed by atoms with Crippen LogP contribution in [0.15, 0.2) is 48.9 Å². The Morgan fingerprint density at radius 1 is 1.05 bits per heavy atom. The van der Waals surface area contributed by atoms with E-state index in [1.54, 1.807) is 30.2 Å². The monoisotopic (exact) mass is 256 g/mol. The van der Waals surface area contributed by atoms with Crippen molar-refractivity contribution in [1.82, 2.24) is 19.7 Å². The second kappa shape index (κ2) is 6.03. The van der Waals surface area contributed by atoms with E-state index in [4.69, 9.17) is 11.5 Å². The number of hydrogen-bond acceptors (Lipinski definition) is 5. The Labute approximate surface area is 111 Å². The molecule has 0 aliphatic heterocycles. The molecule has 4 N–H and O–H groups in total. The summed E-state index contributed by atoms with van der Waals surface area (Å²) >= 11 is 0. The molecule has 19 heavy (non-hydrogen) atoms. The van der Waals surface area contributed by atoms with Crippen molar-refractivity contribution in [2.45, 2.75) is 13.1 Å². The molecule has 0 saturated carbocycles. The predicted octanol–water partition coefficient (Wildman–Crippen LogP) is 1.07. The normalized spacial score (nSPS) is 10.3. The maximum atomic E-state index is 4.89. The van der Waals surface area contributed by atoms with Gasteiger partial charge in [-0.3, -0.25) is 0 Å². The third-order valence-corrected chi connectivity index (χ3v) is 2.20. The van der Waals surface area contributed by atoms with Gasteiger partial charge in [0.25, 0.3) is 0 Å². The molecular weight excluding hydrogens is 240 g/mol. The molecule has 2 heterocycles. The fourth-order valence-electron chi connectivity index (χ4n) is 1.52. The molecule has 1 aromatic carbocycles. The lowest BCUT2D eigenvalue weighted by Crippen LogP contribution is -2.25. The van der Waals surface area contributed by atoms with Crippen LogP contribution in [0.1, 0.15) is 6.92 Å².